The molecule has 1 aromatic rings. The quantitative estimate of drug-likeness (QED) is 0.867. The van der Waals surface area contributed by atoms with E-state index < -0.39 is 11.7 Å². The fraction of sp³-hybridized carbons (Fsp3) is 0.533. The van der Waals surface area contributed by atoms with Gasteiger partial charge >= 0.3 is 6.18 Å². The second kappa shape index (κ2) is 6.47. The topological polar surface area (TPSA) is 38.3 Å². The van der Waals surface area contributed by atoms with E-state index in [-0.39, 0.29) is 23.0 Å². The molecule has 0 saturated carbocycles. The number of carbonyl (C=O) groups is 1. The molecular formula is C15H18F3NO2. The van der Waals surface area contributed by atoms with E-state index in [0.717, 1.165) is 25.1 Å². The normalized spacial score (nSPS) is 19.3. The Balaban J connectivity index is 2.35. The predicted octanol–water partition coefficient (Wildman–Crippen LogP) is 3.29. The summed E-state index contributed by atoms with van der Waals surface area (Å²) in [6.45, 7) is 3.37. The van der Waals surface area contributed by atoms with Crippen molar-refractivity contribution < 1.29 is 22.7 Å². The molecule has 1 N–H and O–H groups in total. The highest BCUT2D eigenvalue weighted by molar-refractivity contribution is 6.00. The van der Waals surface area contributed by atoms with Crippen molar-refractivity contribution in [1.82, 2.24) is 5.32 Å². The molecular weight excluding hydrogens is 283 g/mol. The standard InChI is InChI=1S/C15H18F3NO2/c1-2-21-13-6-5-11(15(16,17)18)8-12(13)14(20)10-4-3-7-19-9-10/h5-6,8,10,19H,2-4,7,9H2,1H3. The zero-order chi connectivity index (χ0) is 15.5. The maximum absolute atomic E-state index is 12.8. The smallest absolute Gasteiger partial charge is 0.416 e. The molecule has 1 fully saturated rings. The molecule has 0 bridgehead atoms. The highest BCUT2D eigenvalue weighted by Crippen LogP contribution is 2.34. The Kier molecular flexibility index (Phi) is 4.88. The van der Waals surface area contributed by atoms with E-state index in [1.165, 1.54) is 6.07 Å². The van der Waals surface area contributed by atoms with Crippen molar-refractivity contribution in [1.29, 1.82) is 0 Å². The Morgan fingerprint density at radius 2 is 2.19 bits per heavy atom. The van der Waals surface area contributed by atoms with Crippen LogP contribution in [0.25, 0.3) is 0 Å². The molecule has 3 nitrogen and oxygen atoms in total. The minimum atomic E-state index is -4.47. The average molecular weight is 301 g/mol. The third kappa shape index (κ3) is 3.75. The Labute approximate surface area is 121 Å². The van der Waals surface area contributed by atoms with Crippen LogP contribution in [0.5, 0.6) is 5.75 Å². The Bertz CT molecular complexity index is 508. The first kappa shape index (κ1) is 15.8. The predicted molar refractivity (Wildman–Crippen MR) is 72.5 cm³/mol. The van der Waals surface area contributed by atoms with Gasteiger partial charge in [0.05, 0.1) is 17.7 Å². The highest BCUT2D eigenvalue weighted by atomic mass is 19.4. The fourth-order valence-corrected chi connectivity index (χ4v) is 2.48. The highest BCUT2D eigenvalue weighted by Gasteiger charge is 2.33. The molecule has 1 saturated heterocycles. The number of nitrogens with one attached hydrogen (secondary N) is 1. The average Bonchev–Trinajstić information content (AvgIpc) is 2.47. The van der Waals surface area contributed by atoms with Gasteiger partial charge in [0, 0.05) is 12.5 Å². The van der Waals surface area contributed by atoms with Crippen LogP contribution in [-0.2, 0) is 6.18 Å². The summed E-state index contributed by atoms with van der Waals surface area (Å²) in [7, 11) is 0. The second-order valence-electron chi connectivity index (χ2n) is 5.05. The van der Waals surface area contributed by atoms with Gasteiger partial charge in [-0.1, -0.05) is 0 Å². The van der Waals surface area contributed by atoms with Gasteiger partial charge in [-0.2, -0.15) is 13.2 Å². The van der Waals surface area contributed by atoms with Gasteiger partial charge in [0.15, 0.2) is 5.78 Å². The van der Waals surface area contributed by atoms with Crippen LogP contribution in [0.3, 0.4) is 0 Å². The van der Waals surface area contributed by atoms with Crippen LogP contribution in [-0.4, -0.2) is 25.5 Å². The molecule has 1 heterocycles. The van der Waals surface area contributed by atoms with Crippen LogP contribution in [0.1, 0.15) is 35.7 Å². The fourth-order valence-electron chi connectivity index (χ4n) is 2.48. The molecule has 0 radical (unpaired) electrons. The largest absolute Gasteiger partial charge is 0.493 e. The summed E-state index contributed by atoms with van der Waals surface area (Å²) < 4.78 is 43.8. The van der Waals surface area contributed by atoms with Crippen LogP contribution in [0.4, 0.5) is 13.2 Å². The number of rotatable bonds is 4. The van der Waals surface area contributed by atoms with Gasteiger partial charge in [0.2, 0.25) is 0 Å². The summed E-state index contributed by atoms with van der Waals surface area (Å²) >= 11 is 0. The van der Waals surface area contributed by atoms with E-state index in [1.807, 2.05) is 0 Å². The van der Waals surface area contributed by atoms with E-state index >= 15 is 0 Å². The van der Waals surface area contributed by atoms with Crippen LogP contribution in [0, 0.1) is 5.92 Å². The first-order chi connectivity index (χ1) is 9.93. The number of hydrogen-bond acceptors (Lipinski definition) is 3. The molecule has 1 atom stereocenters. The van der Waals surface area contributed by atoms with Crippen molar-refractivity contribution in [3.8, 4) is 5.75 Å². The third-order valence-corrected chi connectivity index (χ3v) is 3.54. The number of benzene rings is 1. The van der Waals surface area contributed by atoms with Crippen molar-refractivity contribution in [2.75, 3.05) is 19.7 Å². The van der Waals surface area contributed by atoms with Crippen LogP contribution in [0.15, 0.2) is 18.2 Å². The maximum atomic E-state index is 12.8. The van der Waals surface area contributed by atoms with Crippen LogP contribution < -0.4 is 10.1 Å². The van der Waals surface area contributed by atoms with Crippen LogP contribution in [0.2, 0.25) is 0 Å². The first-order valence-electron chi connectivity index (χ1n) is 7.02. The number of carbonyl (C=O) groups excluding carboxylic acids is 1. The van der Waals surface area contributed by atoms with Gasteiger partial charge in [-0.05, 0) is 44.5 Å². The molecule has 2 rings (SSSR count). The van der Waals surface area contributed by atoms with Gasteiger partial charge in [-0.15, -0.1) is 0 Å². The van der Waals surface area contributed by atoms with Gasteiger partial charge in [0.25, 0.3) is 0 Å². The zero-order valence-electron chi connectivity index (χ0n) is 11.8. The Morgan fingerprint density at radius 3 is 2.76 bits per heavy atom. The van der Waals surface area contributed by atoms with Crippen molar-refractivity contribution in [3.63, 3.8) is 0 Å². The molecule has 1 unspecified atom stereocenters. The zero-order valence-corrected chi connectivity index (χ0v) is 11.8. The van der Waals surface area contributed by atoms with Gasteiger partial charge < -0.3 is 10.1 Å². The maximum Gasteiger partial charge on any atom is 0.416 e. The molecule has 1 aliphatic heterocycles. The number of ketones is 1. The van der Waals surface area contributed by atoms with Crippen molar-refractivity contribution in [2.45, 2.75) is 25.9 Å². The SMILES string of the molecule is CCOc1ccc(C(F)(F)F)cc1C(=O)C1CCCNC1. The molecule has 0 aromatic heterocycles. The summed E-state index contributed by atoms with van der Waals surface area (Å²) in [5, 5.41) is 3.10. The van der Waals surface area contributed by atoms with E-state index in [1.54, 1.807) is 6.92 Å². The van der Waals surface area contributed by atoms with E-state index in [4.69, 9.17) is 4.74 Å². The van der Waals surface area contributed by atoms with Crippen molar-refractivity contribution in [3.05, 3.63) is 29.3 Å². The van der Waals surface area contributed by atoms with E-state index in [2.05, 4.69) is 5.32 Å². The lowest BCUT2D eigenvalue weighted by atomic mass is 9.90. The summed E-state index contributed by atoms with van der Waals surface area (Å²) in [5.41, 5.74) is -0.793. The molecule has 1 aromatic carbocycles. The van der Waals surface area contributed by atoms with Gasteiger partial charge in [-0.25, -0.2) is 0 Å². The van der Waals surface area contributed by atoms with Gasteiger partial charge in [0.1, 0.15) is 5.75 Å². The number of alkyl halides is 3. The van der Waals surface area contributed by atoms with E-state index in [9.17, 15) is 18.0 Å². The molecule has 1 aliphatic rings. The molecule has 0 aliphatic carbocycles. The first-order valence-corrected chi connectivity index (χ1v) is 7.02. The van der Waals surface area contributed by atoms with Crippen molar-refractivity contribution >= 4 is 5.78 Å². The number of piperidine rings is 1. The van der Waals surface area contributed by atoms with E-state index in [0.29, 0.717) is 19.6 Å². The monoisotopic (exact) mass is 301 g/mol. The molecule has 6 heteroatoms. The number of Topliss-reactive ketones (excluding diaryl/α,β-unsaturated/α-hetero) is 1. The Morgan fingerprint density at radius 1 is 1.43 bits per heavy atom. The van der Waals surface area contributed by atoms with Crippen LogP contribution >= 0.6 is 0 Å². The molecule has 0 spiro atoms. The summed E-state index contributed by atoms with van der Waals surface area (Å²) in [6, 6.07) is 3.08. The lowest BCUT2D eigenvalue weighted by Crippen LogP contribution is -2.34. The molecule has 116 valence electrons. The lowest BCUT2D eigenvalue weighted by Gasteiger charge is -2.23. The number of hydrogen-bond donors (Lipinski definition) is 1. The summed E-state index contributed by atoms with van der Waals surface area (Å²) in [4.78, 5) is 12.5. The number of halogens is 3. The lowest BCUT2D eigenvalue weighted by molar-refractivity contribution is -0.137. The minimum Gasteiger partial charge on any atom is -0.493 e. The summed E-state index contributed by atoms with van der Waals surface area (Å²) in [6.07, 6.45) is -2.93. The number of ether oxygens (including phenoxy) is 1. The Hall–Kier alpha value is -1.56. The third-order valence-electron chi connectivity index (χ3n) is 3.54. The minimum absolute atomic E-state index is 0.0281. The molecule has 21 heavy (non-hydrogen) atoms. The second-order valence-corrected chi connectivity index (χ2v) is 5.05. The summed E-state index contributed by atoms with van der Waals surface area (Å²) in [5.74, 6) is -0.348. The van der Waals surface area contributed by atoms with Gasteiger partial charge in [-0.3, -0.25) is 4.79 Å². The molecule has 0 amide bonds. The van der Waals surface area contributed by atoms with Crippen molar-refractivity contribution in [2.24, 2.45) is 5.92 Å².